The van der Waals surface area contributed by atoms with Gasteiger partial charge in [-0.25, -0.2) is 19.9 Å². The second-order valence-electron chi connectivity index (χ2n) is 12.7. The lowest BCUT2D eigenvalue weighted by Crippen LogP contribution is -1.99. The summed E-state index contributed by atoms with van der Waals surface area (Å²) in [5.41, 5.74) is 10.9. The van der Waals surface area contributed by atoms with E-state index in [1.54, 1.807) is 11.3 Å². The topological polar surface area (TPSA) is 64.7 Å². The van der Waals surface area contributed by atoms with Crippen molar-refractivity contribution in [3.63, 3.8) is 0 Å². The SMILES string of the molecule is c1ccc(-c2nc(-c3ccccc3)nc(-c3ccc4nc(-c5cccc(-c6cccc7c6oc6c(-c8ccccc8)cccc67)c5)sc4c3)n2)cc1. The van der Waals surface area contributed by atoms with Crippen molar-refractivity contribution in [3.05, 3.63) is 170 Å². The summed E-state index contributed by atoms with van der Waals surface area (Å²) in [5.74, 6) is 1.91. The van der Waals surface area contributed by atoms with E-state index in [9.17, 15) is 0 Å². The lowest BCUT2D eigenvalue weighted by atomic mass is 9.99. The van der Waals surface area contributed by atoms with Gasteiger partial charge in [0.05, 0.1) is 10.2 Å². The van der Waals surface area contributed by atoms with Gasteiger partial charge in [-0.3, -0.25) is 0 Å². The molecule has 0 bridgehead atoms. The molecule has 0 unspecified atom stereocenters. The number of benzene rings is 7. The Kier molecular flexibility index (Phi) is 7.25. The van der Waals surface area contributed by atoms with Crippen molar-refractivity contribution in [1.29, 1.82) is 0 Å². The summed E-state index contributed by atoms with van der Waals surface area (Å²) < 4.78 is 7.78. The Morgan fingerprint density at radius 2 is 0.865 bits per heavy atom. The summed E-state index contributed by atoms with van der Waals surface area (Å²) in [6, 6.07) is 58.1. The Morgan fingerprint density at radius 3 is 1.48 bits per heavy atom. The van der Waals surface area contributed by atoms with Gasteiger partial charge in [0.15, 0.2) is 17.5 Å². The Labute approximate surface area is 303 Å². The van der Waals surface area contributed by atoms with Crippen molar-refractivity contribution < 1.29 is 4.42 Å². The molecule has 244 valence electrons. The lowest BCUT2D eigenvalue weighted by molar-refractivity contribution is 0.671. The van der Waals surface area contributed by atoms with Gasteiger partial charge in [0.2, 0.25) is 0 Å². The van der Waals surface area contributed by atoms with Crippen LogP contribution in [0.2, 0.25) is 0 Å². The highest BCUT2D eigenvalue weighted by Crippen LogP contribution is 2.41. The van der Waals surface area contributed by atoms with Gasteiger partial charge in [-0.2, -0.15) is 0 Å². The first-order valence-electron chi connectivity index (χ1n) is 17.1. The van der Waals surface area contributed by atoms with Gasteiger partial charge in [0.25, 0.3) is 0 Å². The average Bonchev–Trinajstić information content (AvgIpc) is 3.83. The van der Waals surface area contributed by atoms with E-state index in [4.69, 9.17) is 24.4 Å². The van der Waals surface area contributed by atoms with E-state index < -0.39 is 0 Å². The Bertz CT molecular complexity index is 2840. The fourth-order valence-electron chi connectivity index (χ4n) is 6.84. The van der Waals surface area contributed by atoms with Gasteiger partial charge in [-0.05, 0) is 35.4 Å². The van der Waals surface area contributed by atoms with Gasteiger partial charge in [0, 0.05) is 44.2 Å². The van der Waals surface area contributed by atoms with E-state index in [0.717, 1.165) is 81.7 Å². The zero-order chi connectivity index (χ0) is 34.4. The average molecular weight is 685 g/mol. The van der Waals surface area contributed by atoms with Gasteiger partial charge in [0.1, 0.15) is 16.2 Å². The molecule has 0 radical (unpaired) electrons. The van der Waals surface area contributed by atoms with Crippen LogP contribution in [0.25, 0.3) is 99.1 Å². The van der Waals surface area contributed by atoms with E-state index in [-0.39, 0.29) is 0 Å². The highest BCUT2D eigenvalue weighted by atomic mass is 32.1. The standard InChI is InChI=1S/C46H28N4OS/c1-4-13-29(14-5-1)35-21-11-23-37-38-24-12-22-36(42(38)51-41(35)37)32-19-10-20-34(27-32)46-47-39-26-25-33(28-40(39)52-46)45-49-43(30-15-6-2-7-16-30)48-44(50-45)31-17-8-3-9-18-31/h1-28H. The summed E-state index contributed by atoms with van der Waals surface area (Å²) in [4.78, 5) is 19.8. The monoisotopic (exact) mass is 684 g/mol. The summed E-state index contributed by atoms with van der Waals surface area (Å²) in [6.07, 6.45) is 0. The normalized spacial score (nSPS) is 11.5. The molecule has 0 saturated carbocycles. The maximum absolute atomic E-state index is 6.72. The van der Waals surface area contributed by atoms with Crippen LogP contribution in [0.5, 0.6) is 0 Å². The predicted octanol–water partition coefficient (Wildman–Crippen LogP) is 12.4. The molecule has 0 N–H and O–H groups in total. The van der Waals surface area contributed by atoms with Crippen LogP contribution in [0.15, 0.2) is 174 Å². The van der Waals surface area contributed by atoms with Crippen molar-refractivity contribution in [2.75, 3.05) is 0 Å². The predicted molar refractivity (Wildman–Crippen MR) is 213 cm³/mol. The third kappa shape index (κ3) is 5.34. The minimum absolute atomic E-state index is 0.626. The summed E-state index contributed by atoms with van der Waals surface area (Å²) in [6.45, 7) is 0. The number of nitrogens with zero attached hydrogens (tertiary/aromatic N) is 4. The van der Waals surface area contributed by atoms with Gasteiger partial charge in [-0.1, -0.05) is 146 Å². The molecule has 0 fully saturated rings. The zero-order valence-electron chi connectivity index (χ0n) is 27.8. The number of aromatic nitrogens is 4. The van der Waals surface area contributed by atoms with Gasteiger partial charge < -0.3 is 4.42 Å². The number of thiazole rings is 1. The van der Waals surface area contributed by atoms with Crippen molar-refractivity contribution in [3.8, 4) is 67.0 Å². The molecular weight excluding hydrogens is 657 g/mol. The molecule has 10 aromatic rings. The van der Waals surface area contributed by atoms with E-state index >= 15 is 0 Å². The molecule has 0 aliphatic rings. The first-order valence-corrected chi connectivity index (χ1v) is 18.0. The Hall–Kier alpha value is -6.76. The molecule has 52 heavy (non-hydrogen) atoms. The van der Waals surface area contributed by atoms with E-state index in [0.29, 0.717) is 17.5 Å². The van der Waals surface area contributed by atoms with E-state index in [2.05, 4.69) is 97.1 Å². The zero-order valence-corrected chi connectivity index (χ0v) is 28.6. The minimum atomic E-state index is 0.626. The molecule has 0 spiro atoms. The maximum Gasteiger partial charge on any atom is 0.164 e. The van der Waals surface area contributed by atoms with Crippen LogP contribution < -0.4 is 0 Å². The Balaban J connectivity index is 1.04. The molecule has 3 heterocycles. The fourth-order valence-corrected chi connectivity index (χ4v) is 7.84. The molecule has 3 aromatic heterocycles. The van der Waals surface area contributed by atoms with Crippen LogP contribution in [0.1, 0.15) is 0 Å². The van der Waals surface area contributed by atoms with Crippen molar-refractivity contribution in [2.45, 2.75) is 0 Å². The van der Waals surface area contributed by atoms with Gasteiger partial charge >= 0.3 is 0 Å². The maximum atomic E-state index is 6.72. The molecule has 0 amide bonds. The molecule has 5 nitrogen and oxygen atoms in total. The minimum Gasteiger partial charge on any atom is -0.455 e. The van der Waals surface area contributed by atoms with Crippen LogP contribution in [-0.2, 0) is 0 Å². The largest absolute Gasteiger partial charge is 0.455 e. The van der Waals surface area contributed by atoms with Crippen LogP contribution in [-0.4, -0.2) is 19.9 Å². The number of para-hydroxylation sites is 2. The Morgan fingerprint density at radius 1 is 0.365 bits per heavy atom. The highest BCUT2D eigenvalue weighted by Gasteiger charge is 2.17. The number of furan rings is 1. The number of rotatable bonds is 6. The van der Waals surface area contributed by atoms with Gasteiger partial charge in [-0.15, -0.1) is 11.3 Å². The molecular formula is C46H28N4OS. The first kappa shape index (κ1) is 30.1. The van der Waals surface area contributed by atoms with Crippen LogP contribution in [0, 0.1) is 0 Å². The molecule has 0 aliphatic heterocycles. The summed E-state index contributed by atoms with van der Waals surface area (Å²) in [7, 11) is 0. The third-order valence-corrected chi connectivity index (χ3v) is 10.4. The lowest BCUT2D eigenvalue weighted by Gasteiger charge is -2.08. The third-order valence-electron chi connectivity index (χ3n) is 9.38. The first-order chi connectivity index (χ1) is 25.7. The van der Waals surface area contributed by atoms with Crippen molar-refractivity contribution in [2.24, 2.45) is 0 Å². The summed E-state index contributed by atoms with van der Waals surface area (Å²) >= 11 is 1.67. The highest BCUT2D eigenvalue weighted by molar-refractivity contribution is 7.21. The molecule has 0 atom stereocenters. The second-order valence-corrected chi connectivity index (χ2v) is 13.7. The molecule has 6 heteroatoms. The second kappa shape index (κ2) is 12.5. The number of fused-ring (bicyclic) bond motifs is 4. The molecule has 0 saturated heterocycles. The van der Waals surface area contributed by atoms with E-state index in [1.165, 1.54) is 0 Å². The fraction of sp³-hybridized carbons (Fsp3) is 0. The van der Waals surface area contributed by atoms with Crippen LogP contribution in [0.3, 0.4) is 0 Å². The van der Waals surface area contributed by atoms with Crippen LogP contribution >= 0.6 is 11.3 Å². The summed E-state index contributed by atoms with van der Waals surface area (Å²) in [5, 5.41) is 3.16. The quantitative estimate of drug-likeness (QED) is 0.174. The molecule has 0 aliphatic carbocycles. The smallest absolute Gasteiger partial charge is 0.164 e. The van der Waals surface area contributed by atoms with E-state index in [1.807, 2.05) is 72.8 Å². The van der Waals surface area contributed by atoms with Crippen LogP contribution in [0.4, 0.5) is 0 Å². The number of hydrogen-bond donors (Lipinski definition) is 0. The van der Waals surface area contributed by atoms with Crippen molar-refractivity contribution in [1.82, 2.24) is 19.9 Å². The molecule has 7 aromatic carbocycles. The number of hydrogen-bond acceptors (Lipinski definition) is 6. The van der Waals surface area contributed by atoms with Crippen molar-refractivity contribution >= 4 is 43.5 Å². The molecule has 10 rings (SSSR count).